The number of piperidine rings is 1. The molecular formula is C17H25NO2. The third-order valence-electron chi connectivity index (χ3n) is 4.08. The molecule has 1 atom stereocenters. The topological polar surface area (TPSA) is 40.5 Å². The normalized spacial score (nSPS) is 23.9. The molecule has 1 aromatic rings. The van der Waals surface area contributed by atoms with Crippen molar-refractivity contribution in [3.63, 3.8) is 0 Å². The summed E-state index contributed by atoms with van der Waals surface area (Å²) in [6.45, 7) is 9.79. The van der Waals surface area contributed by atoms with Gasteiger partial charge in [-0.25, -0.2) is 0 Å². The Hall–Kier alpha value is -1.19. The number of hydrogen-bond donors (Lipinski definition) is 1. The van der Waals surface area contributed by atoms with Gasteiger partial charge in [-0.2, -0.15) is 0 Å². The Balaban J connectivity index is 2.13. The summed E-state index contributed by atoms with van der Waals surface area (Å²) in [6, 6.07) is 4.12. The van der Waals surface area contributed by atoms with Crippen molar-refractivity contribution >= 4 is 5.78 Å². The molecule has 1 heterocycles. The van der Waals surface area contributed by atoms with E-state index in [1.807, 2.05) is 20.8 Å². The van der Waals surface area contributed by atoms with Crippen LogP contribution in [0, 0.1) is 20.8 Å². The maximum Gasteiger partial charge on any atom is 0.177 e. The molecule has 2 rings (SSSR count). The second-order valence-corrected chi connectivity index (χ2v) is 6.51. The third-order valence-corrected chi connectivity index (χ3v) is 4.08. The number of hydrogen-bond acceptors (Lipinski definition) is 3. The number of carbonyl (C=O) groups excluding carboxylic acids is 1. The van der Waals surface area contributed by atoms with Crippen LogP contribution < -0.4 is 0 Å². The number of aliphatic hydroxyl groups is 1. The maximum atomic E-state index is 12.6. The zero-order valence-corrected chi connectivity index (χ0v) is 13.0. The molecule has 1 aliphatic rings. The van der Waals surface area contributed by atoms with Crippen LogP contribution in [0.5, 0.6) is 0 Å². The van der Waals surface area contributed by atoms with Gasteiger partial charge in [0.15, 0.2) is 5.78 Å². The number of likely N-dealkylation sites (tertiary alicyclic amines) is 1. The van der Waals surface area contributed by atoms with Crippen molar-refractivity contribution in [3.8, 4) is 0 Å². The highest BCUT2D eigenvalue weighted by Crippen LogP contribution is 2.22. The summed E-state index contributed by atoms with van der Waals surface area (Å²) in [5.74, 6) is 0.165. The molecule has 110 valence electrons. The molecule has 1 saturated heterocycles. The van der Waals surface area contributed by atoms with Gasteiger partial charge >= 0.3 is 0 Å². The second kappa shape index (κ2) is 5.66. The van der Waals surface area contributed by atoms with Crippen LogP contribution in [0.3, 0.4) is 0 Å². The van der Waals surface area contributed by atoms with Crippen molar-refractivity contribution in [2.24, 2.45) is 0 Å². The zero-order valence-electron chi connectivity index (χ0n) is 13.0. The first-order valence-corrected chi connectivity index (χ1v) is 7.34. The monoisotopic (exact) mass is 275 g/mol. The fourth-order valence-corrected chi connectivity index (χ4v) is 3.36. The predicted molar refractivity (Wildman–Crippen MR) is 81.3 cm³/mol. The second-order valence-electron chi connectivity index (χ2n) is 6.51. The molecule has 0 bridgehead atoms. The Labute approximate surface area is 121 Å². The molecule has 1 fully saturated rings. The van der Waals surface area contributed by atoms with Crippen LogP contribution in [0.25, 0.3) is 0 Å². The van der Waals surface area contributed by atoms with E-state index in [0.717, 1.165) is 36.1 Å². The van der Waals surface area contributed by atoms with Gasteiger partial charge in [0.25, 0.3) is 0 Å². The highest BCUT2D eigenvalue weighted by Gasteiger charge is 2.29. The summed E-state index contributed by atoms with van der Waals surface area (Å²) in [5, 5.41) is 10.1. The van der Waals surface area contributed by atoms with Gasteiger partial charge in [-0.05, 0) is 58.2 Å². The van der Waals surface area contributed by atoms with E-state index in [1.54, 1.807) is 0 Å². The van der Waals surface area contributed by atoms with Gasteiger partial charge in [0.05, 0.1) is 12.1 Å². The maximum absolute atomic E-state index is 12.6. The fourth-order valence-electron chi connectivity index (χ4n) is 3.36. The molecule has 1 unspecified atom stereocenters. The van der Waals surface area contributed by atoms with Crippen LogP contribution in [0.15, 0.2) is 12.1 Å². The number of Topliss-reactive ketones (excluding diaryl/α,β-unsaturated/α-hetero) is 1. The van der Waals surface area contributed by atoms with E-state index < -0.39 is 5.60 Å². The fraction of sp³-hybridized carbons (Fsp3) is 0.588. The van der Waals surface area contributed by atoms with Gasteiger partial charge in [-0.15, -0.1) is 0 Å². The minimum absolute atomic E-state index is 0.165. The van der Waals surface area contributed by atoms with E-state index in [4.69, 9.17) is 0 Å². The zero-order chi connectivity index (χ0) is 14.9. The Morgan fingerprint density at radius 1 is 1.30 bits per heavy atom. The van der Waals surface area contributed by atoms with E-state index in [-0.39, 0.29) is 5.78 Å². The van der Waals surface area contributed by atoms with Crippen molar-refractivity contribution < 1.29 is 9.90 Å². The standard InChI is InChI=1S/C17H25NO2/c1-12-8-13(2)16(14(3)9-12)15(19)10-18-7-5-6-17(4,20)11-18/h8-9,20H,5-7,10-11H2,1-4H3. The van der Waals surface area contributed by atoms with Gasteiger partial charge in [0, 0.05) is 12.1 Å². The number of aryl methyl sites for hydroxylation is 3. The van der Waals surface area contributed by atoms with E-state index >= 15 is 0 Å². The van der Waals surface area contributed by atoms with Crippen LogP contribution in [-0.4, -0.2) is 41.0 Å². The molecule has 1 N–H and O–H groups in total. The van der Waals surface area contributed by atoms with Gasteiger partial charge in [0.1, 0.15) is 0 Å². The molecule has 0 amide bonds. The summed E-state index contributed by atoms with van der Waals surface area (Å²) in [4.78, 5) is 14.6. The molecule has 20 heavy (non-hydrogen) atoms. The first kappa shape index (κ1) is 15.2. The quantitative estimate of drug-likeness (QED) is 0.862. The van der Waals surface area contributed by atoms with Crippen molar-refractivity contribution in [1.29, 1.82) is 0 Å². The smallest absolute Gasteiger partial charge is 0.177 e. The lowest BCUT2D eigenvalue weighted by molar-refractivity contribution is -0.0133. The summed E-state index contributed by atoms with van der Waals surface area (Å²) in [5.41, 5.74) is 3.49. The molecule has 0 spiro atoms. The van der Waals surface area contributed by atoms with Gasteiger partial charge in [-0.1, -0.05) is 17.7 Å². The number of nitrogens with zero attached hydrogens (tertiary/aromatic N) is 1. The number of rotatable bonds is 3. The van der Waals surface area contributed by atoms with Crippen LogP contribution >= 0.6 is 0 Å². The molecule has 1 aliphatic heterocycles. The number of benzene rings is 1. The largest absolute Gasteiger partial charge is 0.389 e. The number of carbonyl (C=O) groups is 1. The van der Waals surface area contributed by atoms with Crippen LogP contribution in [0.2, 0.25) is 0 Å². The molecular weight excluding hydrogens is 250 g/mol. The molecule has 0 saturated carbocycles. The Kier molecular flexibility index (Phi) is 4.31. The number of β-amino-alcohol motifs (C(OH)–C–C–N with tert-alkyl or cyclic N) is 1. The average molecular weight is 275 g/mol. The Morgan fingerprint density at radius 3 is 2.45 bits per heavy atom. The van der Waals surface area contributed by atoms with Gasteiger partial charge in [0.2, 0.25) is 0 Å². The lowest BCUT2D eigenvalue weighted by atomic mass is 9.93. The van der Waals surface area contributed by atoms with E-state index in [0.29, 0.717) is 13.1 Å². The minimum Gasteiger partial charge on any atom is -0.389 e. The van der Waals surface area contributed by atoms with Gasteiger partial charge in [-0.3, -0.25) is 9.69 Å². The Bertz CT molecular complexity index is 497. The van der Waals surface area contributed by atoms with E-state index in [9.17, 15) is 9.90 Å². The van der Waals surface area contributed by atoms with Gasteiger partial charge < -0.3 is 5.11 Å². The summed E-state index contributed by atoms with van der Waals surface area (Å²) in [7, 11) is 0. The number of ketones is 1. The van der Waals surface area contributed by atoms with Crippen LogP contribution in [0.4, 0.5) is 0 Å². The SMILES string of the molecule is Cc1cc(C)c(C(=O)CN2CCCC(C)(O)C2)c(C)c1. The predicted octanol–water partition coefficient (Wildman–Crippen LogP) is 2.64. The highest BCUT2D eigenvalue weighted by molar-refractivity contribution is 6.00. The van der Waals surface area contributed by atoms with Crippen molar-refractivity contribution in [1.82, 2.24) is 4.90 Å². The molecule has 0 aliphatic carbocycles. The van der Waals surface area contributed by atoms with Crippen molar-refractivity contribution in [2.45, 2.75) is 46.1 Å². The highest BCUT2D eigenvalue weighted by atomic mass is 16.3. The van der Waals surface area contributed by atoms with Crippen molar-refractivity contribution in [3.05, 3.63) is 34.4 Å². The van der Waals surface area contributed by atoms with E-state index in [1.165, 1.54) is 5.56 Å². The lowest BCUT2D eigenvalue weighted by Crippen LogP contribution is -2.47. The van der Waals surface area contributed by atoms with Crippen LogP contribution in [-0.2, 0) is 0 Å². The molecule has 1 aromatic carbocycles. The first-order valence-electron chi connectivity index (χ1n) is 7.34. The summed E-state index contributed by atoms with van der Waals surface area (Å²) < 4.78 is 0. The molecule has 3 nitrogen and oxygen atoms in total. The minimum atomic E-state index is -0.657. The lowest BCUT2D eigenvalue weighted by Gasteiger charge is -2.36. The molecule has 0 radical (unpaired) electrons. The molecule has 3 heteroatoms. The summed E-state index contributed by atoms with van der Waals surface area (Å²) in [6.07, 6.45) is 1.77. The van der Waals surface area contributed by atoms with E-state index in [2.05, 4.69) is 24.0 Å². The Morgan fingerprint density at radius 2 is 1.90 bits per heavy atom. The summed E-state index contributed by atoms with van der Waals surface area (Å²) >= 11 is 0. The van der Waals surface area contributed by atoms with Crippen molar-refractivity contribution in [2.75, 3.05) is 19.6 Å². The van der Waals surface area contributed by atoms with Crippen LogP contribution in [0.1, 0.15) is 46.8 Å². The molecule has 0 aromatic heterocycles. The third kappa shape index (κ3) is 3.47. The first-order chi connectivity index (χ1) is 9.28. The average Bonchev–Trinajstić information content (AvgIpc) is 2.25.